The van der Waals surface area contributed by atoms with Gasteiger partial charge in [-0.15, -0.1) is 0 Å². The molecule has 4 aromatic rings. The van der Waals surface area contributed by atoms with Gasteiger partial charge in [0, 0.05) is 46.0 Å². The molecule has 0 aliphatic rings. The Labute approximate surface area is 239 Å². The number of aromatic hydroxyl groups is 2. The van der Waals surface area contributed by atoms with Crippen molar-refractivity contribution >= 4 is 34.6 Å². The molecule has 224 valence electrons. The molecule has 0 bridgehead atoms. The van der Waals surface area contributed by atoms with Crippen LogP contribution < -0.4 is 22.1 Å². The third kappa shape index (κ3) is 6.12. The van der Waals surface area contributed by atoms with Gasteiger partial charge in [0.15, 0.2) is 0 Å². The second kappa shape index (κ2) is 11.1. The van der Waals surface area contributed by atoms with E-state index < -0.39 is 63.6 Å². The topological polar surface area (TPSA) is 151 Å². The molecule has 0 saturated heterocycles. The van der Waals surface area contributed by atoms with Gasteiger partial charge < -0.3 is 32.3 Å². The molecule has 0 aromatic heterocycles. The summed E-state index contributed by atoms with van der Waals surface area (Å²) in [5, 5.41) is 24.8. The summed E-state index contributed by atoms with van der Waals surface area (Å²) in [6.07, 6.45) is -12.3. The van der Waals surface area contributed by atoms with Gasteiger partial charge in [-0.25, -0.2) is 0 Å². The number of anilines is 4. The van der Waals surface area contributed by atoms with Crippen LogP contribution in [0.3, 0.4) is 0 Å². The van der Waals surface area contributed by atoms with E-state index in [9.17, 15) is 46.1 Å². The molecular formula is C29H22F6N4O4. The van der Waals surface area contributed by atoms with Crippen LogP contribution in [-0.4, -0.2) is 34.4 Å². The van der Waals surface area contributed by atoms with Gasteiger partial charge in [-0.3, -0.25) is 9.59 Å². The first-order valence-corrected chi connectivity index (χ1v) is 12.2. The zero-order valence-corrected chi connectivity index (χ0v) is 21.7. The largest absolute Gasteiger partial charge is 0.508 e. The Morgan fingerprint density at radius 2 is 0.953 bits per heavy atom. The van der Waals surface area contributed by atoms with E-state index in [1.807, 2.05) is 0 Å². The molecule has 2 amide bonds. The number of halogens is 6. The van der Waals surface area contributed by atoms with E-state index in [2.05, 4.69) is 10.6 Å². The van der Waals surface area contributed by atoms with Crippen LogP contribution in [-0.2, 0) is 5.41 Å². The number of alkyl halides is 6. The molecule has 4 aromatic carbocycles. The Kier molecular flexibility index (Phi) is 7.90. The number of carbonyl (C=O) groups is 2. The number of nitrogen functional groups attached to an aromatic ring is 2. The lowest BCUT2D eigenvalue weighted by molar-refractivity contribution is -0.288. The molecule has 8 N–H and O–H groups in total. The molecule has 0 radical (unpaired) electrons. The highest BCUT2D eigenvalue weighted by Crippen LogP contribution is 2.57. The van der Waals surface area contributed by atoms with Crippen molar-refractivity contribution in [2.24, 2.45) is 0 Å². The van der Waals surface area contributed by atoms with Gasteiger partial charge in [0.25, 0.3) is 11.8 Å². The number of nitrogens with one attached hydrogen (secondary N) is 2. The molecule has 0 aliphatic carbocycles. The summed E-state index contributed by atoms with van der Waals surface area (Å²) in [5.74, 6) is -3.93. The SMILES string of the molecule is Nc1cccc(C(=O)Nc2cc(O)cc(C(c3cc(O)cc(NC(=O)c4cccc(N)c4)c3)(C(F)(F)F)C(F)(F)F)c2)c1. The Balaban J connectivity index is 1.87. The molecule has 4 rings (SSSR count). The van der Waals surface area contributed by atoms with Crippen LogP contribution in [0, 0.1) is 0 Å². The predicted molar refractivity (Wildman–Crippen MR) is 147 cm³/mol. The van der Waals surface area contributed by atoms with E-state index in [0.717, 1.165) is 12.1 Å². The van der Waals surface area contributed by atoms with Gasteiger partial charge in [-0.1, -0.05) is 12.1 Å². The van der Waals surface area contributed by atoms with Crippen LogP contribution in [0.25, 0.3) is 0 Å². The van der Waals surface area contributed by atoms with E-state index in [0.29, 0.717) is 12.1 Å². The molecule has 0 unspecified atom stereocenters. The van der Waals surface area contributed by atoms with Crippen LogP contribution in [0.2, 0.25) is 0 Å². The lowest BCUT2D eigenvalue weighted by Crippen LogP contribution is -2.54. The minimum Gasteiger partial charge on any atom is -0.508 e. The number of hydrogen-bond donors (Lipinski definition) is 6. The van der Waals surface area contributed by atoms with Crippen molar-refractivity contribution in [2.75, 3.05) is 22.1 Å². The van der Waals surface area contributed by atoms with Crippen molar-refractivity contribution in [3.63, 3.8) is 0 Å². The highest BCUT2D eigenvalue weighted by Gasteiger charge is 2.72. The summed E-state index contributed by atoms with van der Waals surface area (Å²) in [6.45, 7) is 0. The number of phenols is 2. The molecule has 0 fully saturated rings. The number of amides is 2. The van der Waals surface area contributed by atoms with Crippen molar-refractivity contribution in [2.45, 2.75) is 17.8 Å². The zero-order valence-electron chi connectivity index (χ0n) is 21.7. The molecule has 0 saturated carbocycles. The first-order chi connectivity index (χ1) is 20.0. The molecule has 43 heavy (non-hydrogen) atoms. The Morgan fingerprint density at radius 1 is 0.581 bits per heavy atom. The summed E-state index contributed by atoms with van der Waals surface area (Å²) in [7, 11) is 0. The van der Waals surface area contributed by atoms with Crippen molar-refractivity contribution in [3.05, 3.63) is 107 Å². The third-order valence-electron chi connectivity index (χ3n) is 6.37. The number of nitrogens with two attached hydrogens (primary N) is 2. The normalized spacial score (nSPS) is 12.0. The summed E-state index contributed by atoms with van der Waals surface area (Å²) in [6, 6.07) is 13.6. The van der Waals surface area contributed by atoms with Crippen LogP contribution in [0.4, 0.5) is 49.1 Å². The minimum absolute atomic E-state index is 0.0589. The fourth-order valence-corrected chi connectivity index (χ4v) is 4.55. The van der Waals surface area contributed by atoms with Crippen molar-refractivity contribution in [1.82, 2.24) is 0 Å². The fourth-order valence-electron chi connectivity index (χ4n) is 4.55. The quantitative estimate of drug-likeness (QED) is 0.114. The maximum atomic E-state index is 14.8. The maximum absolute atomic E-state index is 14.8. The van der Waals surface area contributed by atoms with Crippen LogP contribution in [0.15, 0.2) is 84.9 Å². The lowest BCUT2D eigenvalue weighted by Gasteiger charge is -2.38. The van der Waals surface area contributed by atoms with E-state index in [-0.39, 0.29) is 34.6 Å². The Bertz CT molecular complexity index is 1580. The highest BCUT2D eigenvalue weighted by molar-refractivity contribution is 6.05. The third-order valence-corrected chi connectivity index (χ3v) is 6.37. The molecule has 0 aliphatic heterocycles. The molecule has 0 spiro atoms. The number of rotatable bonds is 6. The second-order valence-electron chi connectivity index (χ2n) is 9.44. The van der Waals surface area contributed by atoms with E-state index in [4.69, 9.17) is 11.5 Å². The second-order valence-corrected chi connectivity index (χ2v) is 9.44. The molecule has 8 nitrogen and oxygen atoms in total. The van der Waals surface area contributed by atoms with Crippen LogP contribution >= 0.6 is 0 Å². The van der Waals surface area contributed by atoms with Crippen LogP contribution in [0.5, 0.6) is 11.5 Å². The zero-order chi connectivity index (χ0) is 31.7. The number of carbonyl (C=O) groups excluding carboxylic acids is 2. The molecule has 14 heteroatoms. The highest BCUT2D eigenvalue weighted by atomic mass is 19.4. The van der Waals surface area contributed by atoms with Crippen molar-refractivity contribution in [1.29, 1.82) is 0 Å². The first-order valence-electron chi connectivity index (χ1n) is 12.2. The summed E-state index contributed by atoms with van der Waals surface area (Å²) < 4.78 is 89.0. The van der Waals surface area contributed by atoms with Gasteiger partial charge in [-0.05, 0) is 71.8 Å². The summed E-state index contributed by atoms with van der Waals surface area (Å²) >= 11 is 0. The predicted octanol–water partition coefficient (Wildman–Crippen LogP) is 6.18. The maximum Gasteiger partial charge on any atom is 0.411 e. The van der Waals surface area contributed by atoms with E-state index in [1.165, 1.54) is 48.5 Å². The van der Waals surface area contributed by atoms with E-state index in [1.54, 1.807) is 0 Å². The van der Waals surface area contributed by atoms with Gasteiger partial charge in [0.2, 0.25) is 5.41 Å². The van der Waals surface area contributed by atoms with Crippen LogP contribution in [0.1, 0.15) is 31.8 Å². The standard InChI is InChI=1S/C29H22F6N4O4/c30-28(31,32)27(29(33,34)35,17-9-21(13-23(40)11-17)38-25(42)15-3-1-5-19(36)7-15)18-10-22(14-24(41)12-18)39-26(43)16-4-2-6-20(37)8-16/h1-14,40-41H,36-37H2,(H,38,42)(H,39,43). The number of phenolic OH excluding ortho intramolecular Hbond substituents is 2. The van der Waals surface area contributed by atoms with E-state index >= 15 is 0 Å². The number of hydrogen-bond acceptors (Lipinski definition) is 6. The molecular weight excluding hydrogens is 582 g/mol. The first kappa shape index (κ1) is 30.6. The average Bonchev–Trinajstić information content (AvgIpc) is 2.86. The van der Waals surface area contributed by atoms with Gasteiger partial charge in [0.1, 0.15) is 11.5 Å². The summed E-state index contributed by atoms with van der Waals surface area (Å²) in [4.78, 5) is 25.3. The molecule has 0 atom stereocenters. The average molecular weight is 605 g/mol. The van der Waals surface area contributed by atoms with Crippen molar-refractivity contribution in [3.8, 4) is 11.5 Å². The monoisotopic (exact) mass is 604 g/mol. The Morgan fingerprint density at radius 3 is 1.28 bits per heavy atom. The Hall–Kier alpha value is -5.40. The lowest BCUT2D eigenvalue weighted by atomic mass is 9.72. The smallest absolute Gasteiger partial charge is 0.411 e. The fraction of sp³-hybridized carbons (Fsp3) is 0.103. The van der Waals surface area contributed by atoms with Crippen molar-refractivity contribution < 1.29 is 46.1 Å². The molecule has 0 heterocycles. The minimum atomic E-state index is -6.13. The van der Waals surface area contributed by atoms with Gasteiger partial charge in [0.05, 0.1) is 0 Å². The number of benzene rings is 4. The van der Waals surface area contributed by atoms with Gasteiger partial charge in [-0.2, -0.15) is 26.3 Å². The summed E-state index contributed by atoms with van der Waals surface area (Å²) in [5.41, 5.74) is 2.34. The van der Waals surface area contributed by atoms with Gasteiger partial charge >= 0.3 is 12.4 Å².